The smallest absolute Gasteiger partial charge is 0.379 e. The minimum Gasteiger partial charge on any atom is -0.460 e. The third-order valence-corrected chi connectivity index (χ3v) is 13.9. The number of esters is 1. The van der Waals surface area contributed by atoms with Gasteiger partial charge < -0.3 is 13.0 Å². The number of benzene rings is 1. The summed E-state index contributed by atoms with van der Waals surface area (Å²) in [5, 5.41) is 0. The van der Waals surface area contributed by atoms with Crippen molar-refractivity contribution >= 4 is 36.9 Å². The van der Waals surface area contributed by atoms with E-state index in [-0.39, 0.29) is 6.61 Å². The fourth-order valence-electron chi connectivity index (χ4n) is 3.07. The maximum atomic E-state index is 11.9. The molecule has 1 aromatic carbocycles. The summed E-state index contributed by atoms with van der Waals surface area (Å²) in [7, 11) is -5.58. The normalized spacial score (nSPS) is 12.7. The highest BCUT2D eigenvalue weighted by Crippen LogP contribution is 2.24. The van der Waals surface area contributed by atoms with Crippen LogP contribution in [0.15, 0.2) is 30.3 Å². The summed E-state index contributed by atoms with van der Waals surface area (Å²) in [5.74, 6) is -1.38. The van der Waals surface area contributed by atoms with E-state index in [9.17, 15) is 9.59 Å². The number of rotatable bonds is 11. The van der Waals surface area contributed by atoms with Crippen molar-refractivity contribution in [1.82, 2.24) is 0 Å². The summed E-state index contributed by atoms with van der Waals surface area (Å²) in [6.07, 6.45) is 1.63. The zero-order chi connectivity index (χ0) is 20.7. The van der Waals surface area contributed by atoms with E-state index < -0.39 is 36.9 Å². The van der Waals surface area contributed by atoms with Crippen LogP contribution < -0.4 is 0 Å². The maximum absolute atomic E-state index is 11.9. The Labute approximate surface area is 166 Å². The van der Waals surface area contributed by atoms with Crippen molar-refractivity contribution in [2.24, 2.45) is 0 Å². The summed E-state index contributed by atoms with van der Waals surface area (Å²) in [4.78, 5) is 23.8. The molecule has 0 amide bonds. The van der Waals surface area contributed by atoms with Gasteiger partial charge in [0.25, 0.3) is 5.78 Å². The zero-order valence-corrected chi connectivity index (χ0v) is 20.8. The van der Waals surface area contributed by atoms with Gasteiger partial charge in [0.2, 0.25) is 0 Å². The van der Waals surface area contributed by atoms with Crippen LogP contribution in [0, 0.1) is 0 Å². The minimum absolute atomic E-state index is 0.258. The quantitative estimate of drug-likeness (QED) is 0.164. The van der Waals surface area contributed by atoms with Crippen molar-refractivity contribution in [3.8, 4) is 0 Å². The van der Waals surface area contributed by atoms with Crippen molar-refractivity contribution in [3.05, 3.63) is 35.9 Å². The monoisotopic (exact) mass is 426 g/mol. The molecule has 0 unspecified atom stereocenters. The second kappa shape index (κ2) is 9.92. The van der Waals surface area contributed by atoms with Gasteiger partial charge in [0.15, 0.2) is 16.6 Å². The molecule has 1 rings (SSSR count). The third-order valence-electron chi connectivity index (χ3n) is 3.70. The van der Waals surface area contributed by atoms with E-state index in [2.05, 4.69) is 45.8 Å². The lowest BCUT2D eigenvalue weighted by Gasteiger charge is -2.37. The molecular weight excluding hydrogens is 392 g/mol. The molecule has 0 atom stereocenters. The molecule has 0 heterocycles. The molecule has 0 aliphatic carbocycles. The Kier molecular flexibility index (Phi) is 8.81. The third kappa shape index (κ3) is 10.2. The van der Waals surface area contributed by atoms with E-state index in [0.29, 0.717) is 5.56 Å². The van der Waals surface area contributed by atoms with Crippen molar-refractivity contribution < 1.29 is 22.6 Å². The van der Waals surface area contributed by atoms with E-state index in [1.165, 1.54) is 0 Å². The van der Waals surface area contributed by atoms with Gasteiger partial charge in [0.05, 0.1) is 6.61 Å². The average molecular weight is 427 g/mol. The molecule has 0 saturated heterocycles. The van der Waals surface area contributed by atoms with Gasteiger partial charge in [-0.15, -0.1) is 0 Å². The number of hydrogen-bond acceptors (Lipinski definition) is 5. The molecular formula is C19H34O5Si3. The van der Waals surface area contributed by atoms with Gasteiger partial charge in [0.1, 0.15) is 0 Å². The fourth-order valence-corrected chi connectivity index (χ4v) is 16.3. The predicted molar refractivity (Wildman–Crippen MR) is 116 cm³/mol. The molecule has 0 N–H and O–H groups in total. The molecule has 8 heteroatoms. The van der Waals surface area contributed by atoms with Gasteiger partial charge in [-0.3, -0.25) is 4.79 Å². The molecule has 0 spiro atoms. The zero-order valence-electron chi connectivity index (χ0n) is 17.8. The van der Waals surface area contributed by atoms with E-state index in [0.717, 1.165) is 18.9 Å². The van der Waals surface area contributed by atoms with Gasteiger partial charge in [-0.1, -0.05) is 36.8 Å². The molecule has 0 radical (unpaired) electrons. The fraction of sp³-hybridized carbons (Fsp3) is 0.579. The van der Waals surface area contributed by atoms with Crippen molar-refractivity contribution in [3.63, 3.8) is 0 Å². The first-order valence-corrected chi connectivity index (χ1v) is 18.8. The molecule has 0 fully saturated rings. The molecule has 152 valence electrons. The first-order chi connectivity index (χ1) is 12.3. The Morgan fingerprint density at radius 3 is 2.00 bits per heavy atom. The molecule has 0 aliphatic heterocycles. The van der Waals surface area contributed by atoms with Crippen LogP contribution in [0.3, 0.4) is 0 Å². The number of carbonyl (C=O) groups is 2. The van der Waals surface area contributed by atoms with Crippen molar-refractivity contribution in [1.29, 1.82) is 0 Å². The molecule has 5 nitrogen and oxygen atoms in total. The van der Waals surface area contributed by atoms with Gasteiger partial charge in [-0.25, -0.2) is 4.79 Å². The van der Waals surface area contributed by atoms with E-state index in [4.69, 9.17) is 13.0 Å². The van der Waals surface area contributed by atoms with Gasteiger partial charge in [-0.05, 0) is 58.3 Å². The molecule has 1 aromatic rings. The van der Waals surface area contributed by atoms with Crippen LogP contribution in [0.1, 0.15) is 23.2 Å². The lowest BCUT2D eigenvalue weighted by atomic mass is 10.1. The van der Waals surface area contributed by atoms with Crippen LogP contribution in [-0.2, 0) is 17.8 Å². The highest BCUT2D eigenvalue weighted by atomic mass is 28.5. The number of ketones is 1. The summed E-state index contributed by atoms with van der Waals surface area (Å²) in [6.45, 7) is 15.5. The Morgan fingerprint density at radius 1 is 0.852 bits per heavy atom. The predicted octanol–water partition coefficient (Wildman–Crippen LogP) is 4.97. The number of ether oxygens (including phenoxy) is 1. The topological polar surface area (TPSA) is 61.8 Å². The molecule has 0 aliphatic rings. The second-order valence-electron chi connectivity index (χ2n) is 8.76. The molecule has 0 saturated carbocycles. The van der Waals surface area contributed by atoms with Crippen LogP contribution in [0.4, 0.5) is 0 Å². The lowest BCUT2D eigenvalue weighted by molar-refractivity contribution is -0.138. The summed E-state index contributed by atoms with van der Waals surface area (Å²) < 4.78 is 17.8. The Hall–Kier alpha value is -1.07. The van der Waals surface area contributed by atoms with Crippen LogP contribution >= 0.6 is 0 Å². The molecule has 27 heavy (non-hydrogen) atoms. The summed E-state index contributed by atoms with van der Waals surface area (Å²) in [6, 6.07) is 9.46. The van der Waals surface area contributed by atoms with Crippen LogP contribution in [0.5, 0.6) is 0 Å². The number of hydrogen-bond donors (Lipinski definition) is 0. The van der Waals surface area contributed by atoms with Crippen LogP contribution in [-0.4, -0.2) is 43.6 Å². The maximum Gasteiger partial charge on any atom is 0.379 e. The summed E-state index contributed by atoms with van der Waals surface area (Å²) in [5.41, 5.74) is 0.360. The summed E-state index contributed by atoms with van der Waals surface area (Å²) >= 11 is 0. The number of unbranched alkanes of at least 4 members (excludes halogenated alkanes) is 1. The van der Waals surface area contributed by atoms with E-state index >= 15 is 0 Å². The first kappa shape index (κ1) is 24.0. The molecule has 0 aromatic heterocycles. The minimum atomic E-state index is -2.12. The van der Waals surface area contributed by atoms with Crippen molar-refractivity contribution in [2.45, 2.75) is 64.7 Å². The highest BCUT2D eigenvalue weighted by molar-refractivity contribution is 6.87. The largest absolute Gasteiger partial charge is 0.460 e. The van der Waals surface area contributed by atoms with E-state index in [1.54, 1.807) is 30.3 Å². The highest BCUT2D eigenvalue weighted by Gasteiger charge is 2.37. The van der Waals surface area contributed by atoms with Crippen LogP contribution in [0.25, 0.3) is 0 Å². The lowest BCUT2D eigenvalue weighted by Crippen LogP contribution is -2.51. The first-order valence-electron chi connectivity index (χ1n) is 9.48. The average Bonchev–Trinajstić information content (AvgIpc) is 2.50. The molecule has 0 bridgehead atoms. The Bertz CT molecular complexity index is 624. The number of carbonyl (C=O) groups excluding carboxylic acids is 2. The Balaban J connectivity index is 2.34. The standard InChI is InChI=1S/C19H34O5Si3/c1-25(2,3)23-27(6,7)24-26(4,5)16-12-11-15-22-19(21)18(20)17-13-9-8-10-14-17/h8-10,13-14H,11-12,15-16H2,1-7H3. The van der Waals surface area contributed by atoms with Gasteiger partial charge in [0, 0.05) is 5.56 Å². The van der Waals surface area contributed by atoms with Gasteiger partial charge in [-0.2, -0.15) is 0 Å². The van der Waals surface area contributed by atoms with Crippen LogP contribution in [0.2, 0.25) is 51.9 Å². The van der Waals surface area contributed by atoms with E-state index in [1.807, 2.05) is 0 Å². The van der Waals surface area contributed by atoms with Gasteiger partial charge >= 0.3 is 14.5 Å². The SMILES string of the molecule is C[Si](C)(C)O[Si](C)(C)O[Si](C)(C)CCCCOC(=O)C(=O)c1ccccc1. The second-order valence-corrected chi connectivity index (χ2v) is 21.4. The van der Waals surface area contributed by atoms with Crippen molar-refractivity contribution in [2.75, 3.05) is 6.61 Å². The number of Topliss-reactive ketones (excluding diaryl/α,β-unsaturated/α-hetero) is 1. The Morgan fingerprint density at radius 2 is 1.44 bits per heavy atom.